The van der Waals surface area contributed by atoms with Crippen LogP contribution in [0.15, 0.2) is 35.1 Å². The summed E-state index contributed by atoms with van der Waals surface area (Å²) in [5.41, 5.74) is 1.10. The predicted molar refractivity (Wildman–Crippen MR) is 106 cm³/mol. The Labute approximate surface area is 166 Å². The molecule has 0 fully saturated rings. The van der Waals surface area contributed by atoms with E-state index < -0.39 is 17.7 Å². The van der Waals surface area contributed by atoms with Crippen molar-refractivity contribution in [1.82, 2.24) is 9.55 Å². The fourth-order valence-electron chi connectivity index (χ4n) is 4.42. The van der Waals surface area contributed by atoms with Crippen LogP contribution in [0.5, 0.6) is 5.75 Å². The molecule has 1 unspecified atom stereocenters. The van der Waals surface area contributed by atoms with E-state index in [9.17, 15) is 19.8 Å². The molecule has 4 heterocycles. The zero-order valence-corrected chi connectivity index (χ0v) is 16.1. The summed E-state index contributed by atoms with van der Waals surface area (Å²) in [6, 6.07) is 8.64. The molecule has 5 rings (SSSR count). The molecule has 0 saturated carbocycles. The molecule has 0 aliphatic carbocycles. The highest BCUT2D eigenvalue weighted by Crippen LogP contribution is 2.42. The van der Waals surface area contributed by atoms with Crippen LogP contribution >= 0.6 is 0 Å². The van der Waals surface area contributed by atoms with Crippen LogP contribution in [-0.2, 0) is 21.7 Å². The first kappa shape index (κ1) is 17.9. The van der Waals surface area contributed by atoms with E-state index in [0.717, 1.165) is 5.56 Å². The number of phenols is 1. The van der Waals surface area contributed by atoms with E-state index in [1.54, 1.807) is 35.8 Å². The molecule has 3 aromatic rings. The number of esters is 1. The van der Waals surface area contributed by atoms with E-state index in [-0.39, 0.29) is 17.7 Å². The summed E-state index contributed by atoms with van der Waals surface area (Å²) in [6.07, 6.45) is -0.144. The number of benzene rings is 1. The number of ether oxygens (including phenoxy) is 1. The summed E-state index contributed by atoms with van der Waals surface area (Å²) in [5, 5.41) is 21.8. The molecule has 0 radical (unpaired) electrons. The standard InChI is InChI=1S/C22H20N2O5/c1-3-17-18-13(22(28,4-2)21(27)29-17)9-15-19-11(10-24(15)20(18)26)8-12-14(23-19)6-5-7-16(12)25/h5-9,17,25,28H,3-4,10H2,1-2H3/t17?,22-/m0/s1. The Morgan fingerprint density at radius 2 is 2.07 bits per heavy atom. The average Bonchev–Trinajstić information content (AvgIpc) is 3.08. The maximum Gasteiger partial charge on any atom is 0.343 e. The van der Waals surface area contributed by atoms with Gasteiger partial charge < -0.3 is 19.5 Å². The molecule has 2 aliphatic rings. The highest BCUT2D eigenvalue weighted by atomic mass is 16.6. The molecule has 0 amide bonds. The predicted octanol–water partition coefficient (Wildman–Crippen LogP) is 2.74. The Hall–Kier alpha value is -3.19. The molecule has 2 atom stereocenters. The molecule has 148 valence electrons. The van der Waals surface area contributed by atoms with E-state index in [2.05, 4.69) is 4.98 Å². The number of fused-ring (bicyclic) bond motifs is 5. The summed E-state index contributed by atoms with van der Waals surface area (Å²) in [6.45, 7) is 3.83. The van der Waals surface area contributed by atoms with Crippen molar-refractivity contribution < 1.29 is 19.7 Å². The van der Waals surface area contributed by atoms with E-state index in [1.165, 1.54) is 0 Å². The molecule has 7 nitrogen and oxygen atoms in total. The molecule has 0 spiro atoms. The Morgan fingerprint density at radius 1 is 1.28 bits per heavy atom. The lowest BCUT2D eigenvalue weighted by Crippen LogP contribution is -2.46. The van der Waals surface area contributed by atoms with Crippen molar-refractivity contribution in [2.24, 2.45) is 0 Å². The average molecular weight is 392 g/mol. The first-order chi connectivity index (χ1) is 13.9. The van der Waals surface area contributed by atoms with Gasteiger partial charge in [0.25, 0.3) is 5.56 Å². The molecule has 2 aromatic heterocycles. The number of aromatic hydroxyl groups is 1. The zero-order chi connectivity index (χ0) is 20.5. The maximum atomic E-state index is 13.4. The topological polar surface area (TPSA) is 102 Å². The maximum absolute atomic E-state index is 13.4. The van der Waals surface area contributed by atoms with Gasteiger partial charge in [-0.2, -0.15) is 0 Å². The monoisotopic (exact) mass is 392 g/mol. The van der Waals surface area contributed by atoms with Crippen LogP contribution in [0.1, 0.15) is 49.5 Å². The Kier molecular flexibility index (Phi) is 3.64. The summed E-state index contributed by atoms with van der Waals surface area (Å²) >= 11 is 0. The highest BCUT2D eigenvalue weighted by molar-refractivity contribution is 5.89. The summed E-state index contributed by atoms with van der Waals surface area (Å²) < 4.78 is 7.02. The van der Waals surface area contributed by atoms with E-state index in [1.807, 2.05) is 13.0 Å². The number of hydrogen-bond donors (Lipinski definition) is 2. The normalized spacial score (nSPS) is 22.2. The SMILES string of the molecule is CCC1OC(=O)[C@](O)(CC)c2cc3n(c(=O)c21)Cc1cc2c(O)cccc2nc1-3. The summed E-state index contributed by atoms with van der Waals surface area (Å²) in [5.74, 6) is -0.593. The second-order valence-corrected chi connectivity index (χ2v) is 7.60. The lowest BCUT2D eigenvalue weighted by atomic mass is 9.83. The Balaban J connectivity index is 1.82. The van der Waals surface area contributed by atoms with E-state index >= 15 is 0 Å². The molecule has 29 heavy (non-hydrogen) atoms. The highest BCUT2D eigenvalue weighted by Gasteiger charge is 2.48. The van der Waals surface area contributed by atoms with Crippen LogP contribution in [0, 0.1) is 0 Å². The van der Waals surface area contributed by atoms with Gasteiger partial charge in [-0.1, -0.05) is 19.9 Å². The fourth-order valence-corrected chi connectivity index (χ4v) is 4.42. The quantitative estimate of drug-likeness (QED) is 0.509. The fraction of sp³-hybridized carbons (Fsp3) is 0.318. The molecule has 2 aliphatic heterocycles. The van der Waals surface area contributed by atoms with Gasteiger partial charge in [-0.25, -0.2) is 9.78 Å². The van der Waals surface area contributed by atoms with Crippen molar-refractivity contribution in [3.05, 3.63) is 57.4 Å². The first-order valence-electron chi connectivity index (χ1n) is 9.72. The van der Waals surface area contributed by atoms with Crippen molar-refractivity contribution in [1.29, 1.82) is 0 Å². The van der Waals surface area contributed by atoms with Gasteiger partial charge in [0.2, 0.25) is 0 Å². The third kappa shape index (κ3) is 2.25. The van der Waals surface area contributed by atoms with Gasteiger partial charge in [0.1, 0.15) is 11.9 Å². The number of nitrogens with zero attached hydrogens (tertiary/aromatic N) is 2. The van der Waals surface area contributed by atoms with Crippen molar-refractivity contribution >= 4 is 16.9 Å². The minimum Gasteiger partial charge on any atom is -0.507 e. The lowest BCUT2D eigenvalue weighted by Gasteiger charge is -2.35. The second kappa shape index (κ2) is 5.90. The summed E-state index contributed by atoms with van der Waals surface area (Å²) in [7, 11) is 0. The lowest BCUT2D eigenvalue weighted by molar-refractivity contribution is -0.178. The third-order valence-electron chi connectivity index (χ3n) is 6.06. The Morgan fingerprint density at radius 3 is 2.79 bits per heavy atom. The van der Waals surface area contributed by atoms with Crippen LogP contribution in [0.25, 0.3) is 22.3 Å². The van der Waals surface area contributed by atoms with Crippen LogP contribution < -0.4 is 5.56 Å². The number of cyclic esters (lactones) is 1. The largest absolute Gasteiger partial charge is 0.507 e. The van der Waals surface area contributed by atoms with Crippen molar-refractivity contribution in [3.63, 3.8) is 0 Å². The third-order valence-corrected chi connectivity index (χ3v) is 6.06. The molecule has 0 saturated heterocycles. The number of phenolic OH excluding ortho intramolecular Hbond substituents is 1. The second-order valence-electron chi connectivity index (χ2n) is 7.60. The van der Waals surface area contributed by atoms with E-state index in [4.69, 9.17) is 4.74 Å². The smallest absolute Gasteiger partial charge is 0.343 e. The number of pyridine rings is 2. The van der Waals surface area contributed by atoms with Gasteiger partial charge in [0.05, 0.1) is 29.0 Å². The van der Waals surface area contributed by atoms with Gasteiger partial charge in [0, 0.05) is 16.5 Å². The molecule has 7 heteroatoms. The van der Waals surface area contributed by atoms with Gasteiger partial charge in [-0.05, 0) is 37.1 Å². The first-order valence-corrected chi connectivity index (χ1v) is 9.72. The molecular weight excluding hydrogens is 372 g/mol. The molecule has 1 aromatic carbocycles. The van der Waals surface area contributed by atoms with Crippen LogP contribution in [0.4, 0.5) is 0 Å². The molecular formula is C22H20N2O5. The van der Waals surface area contributed by atoms with Crippen molar-refractivity contribution in [3.8, 4) is 17.1 Å². The Bertz CT molecular complexity index is 1260. The molecule has 0 bridgehead atoms. The van der Waals surface area contributed by atoms with Crippen LogP contribution in [0.2, 0.25) is 0 Å². The summed E-state index contributed by atoms with van der Waals surface area (Å²) in [4.78, 5) is 30.6. The number of aliphatic hydroxyl groups is 1. The minimum absolute atomic E-state index is 0.101. The van der Waals surface area contributed by atoms with Crippen LogP contribution in [0.3, 0.4) is 0 Å². The number of carbonyl (C=O) groups is 1. The van der Waals surface area contributed by atoms with Gasteiger partial charge >= 0.3 is 5.97 Å². The van der Waals surface area contributed by atoms with Crippen LogP contribution in [-0.4, -0.2) is 25.7 Å². The number of aromatic nitrogens is 2. The van der Waals surface area contributed by atoms with Gasteiger partial charge in [-0.3, -0.25) is 4.79 Å². The van der Waals surface area contributed by atoms with Gasteiger partial charge in [0.15, 0.2) is 5.60 Å². The number of carbonyl (C=O) groups excluding carboxylic acids is 1. The minimum atomic E-state index is -1.85. The number of rotatable bonds is 2. The molecule has 2 N–H and O–H groups in total. The van der Waals surface area contributed by atoms with Gasteiger partial charge in [-0.15, -0.1) is 0 Å². The van der Waals surface area contributed by atoms with Crippen molar-refractivity contribution in [2.75, 3.05) is 0 Å². The zero-order valence-electron chi connectivity index (χ0n) is 16.1. The van der Waals surface area contributed by atoms with Crippen molar-refractivity contribution in [2.45, 2.75) is 44.9 Å². The van der Waals surface area contributed by atoms with E-state index in [0.29, 0.717) is 46.4 Å². The number of hydrogen-bond acceptors (Lipinski definition) is 6.